The molecule has 0 radical (unpaired) electrons. The van der Waals surface area contributed by atoms with E-state index in [-0.39, 0.29) is 5.91 Å². The molecule has 4 heteroatoms. The Hall–Kier alpha value is -1.00. The smallest absolute Gasteiger partial charge is 0.253 e. The first-order chi connectivity index (χ1) is 8.22. The molecule has 1 aromatic carbocycles. The average molecular weight is 253 g/mol. The summed E-state index contributed by atoms with van der Waals surface area (Å²) in [5.41, 5.74) is 0.737. The van der Waals surface area contributed by atoms with E-state index in [0.717, 1.165) is 5.56 Å². The molecular weight excluding hydrogens is 234 g/mol. The highest BCUT2D eigenvalue weighted by Gasteiger charge is 2.13. The van der Waals surface area contributed by atoms with Crippen LogP contribution in [0.2, 0.25) is 0 Å². The van der Waals surface area contributed by atoms with Gasteiger partial charge in [-0.15, -0.1) is 11.8 Å². The quantitative estimate of drug-likeness (QED) is 0.730. The lowest BCUT2D eigenvalue weighted by Crippen LogP contribution is -2.33. The van der Waals surface area contributed by atoms with Crippen LogP contribution in [0, 0.1) is 0 Å². The maximum absolute atomic E-state index is 12.1. The van der Waals surface area contributed by atoms with Gasteiger partial charge >= 0.3 is 0 Å². The second-order valence-corrected chi connectivity index (χ2v) is 4.49. The SMILES string of the molecule is CCN(CCOC)C(=O)c1ccc(SC)cc1. The minimum absolute atomic E-state index is 0.0669. The number of carbonyl (C=O) groups excluding carboxylic acids is 1. The van der Waals surface area contributed by atoms with Crippen LogP contribution in [0.5, 0.6) is 0 Å². The summed E-state index contributed by atoms with van der Waals surface area (Å²) in [5, 5.41) is 0. The largest absolute Gasteiger partial charge is 0.383 e. The first-order valence-electron chi connectivity index (χ1n) is 5.65. The van der Waals surface area contributed by atoms with Crippen LogP contribution in [0.25, 0.3) is 0 Å². The van der Waals surface area contributed by atoms with Crippen LogP contribution in [0.15, 0.2) is 29.2 Å². The zero-order valence-electron chi connectivity index (χ0n) is 10.6. The summed E-state index contributed by atoms with van der Waals surface area (Å²) in [7, 11) is 1.64. The van der Waals surface area contributed by atoms with Gasteiger partial charge in [0.05, 0.1) is 6.61 Å². The molecule has 94 valence electrons. The van der Waals surface area contributed by atoms with Crippen LogP contribution in [-0.4, -0.2) is 43.9 Å². The number of hydrogen-bond donors (Lipinski definition) is 0. The van der Waals surface area contributed by atoms with Gasteiger partial charge in [0, 0.05) is 30.7 Å². The first kappa shape index (κ1) is 14.1. The van der Waals surface area contributed by atoms with Gasteiger partial charge < -0.3 is 9.64 Å². The zero-order chi connectivity index (χ0) is 12.7. The van der Waals surface area contributed by atoms with Gasteiger partial charge in [-0.1, -0.05) is 0 Å². The number of hydrogen-bond acceptors (Lipinski definition) is 3. The van der Waals surface area contributed by atoms with Crippen molar-refractivity contribution in [3.05, 3.63) is 29.8 Å². The fraction of sp³-hybridized carbons (Fsp3) is 0.462. The van der Waals surface area contributed by atoms with Gasteiger partial charge in [-0.3, -0.25) is 4.79 Å². The van der Waals surface area contributed by atoms with Gasteiger partial charge in [-0.25, -0.2) is 0 Å². The molecular formula is C13H19NO2S. The molecule has 0 aromatic heterocycles. The van der Waals surface area contributed by atoms with Crippen LogP contribution >= 0.6 is 11.8 Å². The lowest BCUT2D eigenvalue weighted by molar-refractivity contribution is 0.0706. The number of nitrogens with zero attached hydrogens (tertiary/aromatic N) is 1. The Labute approximate surface area is 107 Å². The Balaban J connectivity index is 2.71. The lowest BCUT2D eigenvalue weighted by atomic mass is 10.2. The molecule has 0 aliphatic heterocycles. The number of thioether (sulfide) groups is 1. The van der Waals surface area contributed by atoms with E-state index >= 15 is 0 Å². The molecule has 0 fully saturated rings. The summed E-state index contributed by atoms with van der Waals surface area (Å²) in [5.74, 6) is 0.0669. The normalized spacial score (nSPS) is 10.3. The second-order valence-electron chi connectivity index (χ2n) is 3.61. The summed E-state index contributed by atoms with van der Waals surface area (Å²) in [4.78, 5) is 15.1. The number of benzene rings is 1. The van der Waals surface area contributed by atoms with E-state index in [2.05, 4.69) is 0 Å². The van der Waals surface area contributed by atoms with Gasteiger partial charge in [0.1, 0.15) is 0 Å². The zero-order valence-corrected chi connectivity index (χ0v) is 11.4. The maximum atomic E-state index is 12.1. The predicted octanol–water partition coefficient (Wildman–Crippen LogP) is 2.52. The van der Waals surface area contributed by atoms with Crippen LogP contribution in [0.3, 0.4) is 0 Å². The second kappa shape index (κ2) is 7.35. The molecule has 0 unspecified atom stereocenters. The van der Waals surface area contributed by atoms with Crippen molar-refractivity contribution in [2.45, 2.75) is 11.8 Å². The molecule has 0 N–H and O–H groups in total. The van der Waals surface area contributed by atoms with E-state index in [1.54, 1.807) is 23.8 Å². The standard InChI is InChI=1S/C13H19NO2S/c1-4-14(9-10-16-2)13(15)11-5-7-12(17-3)8-6-11/h5-8H,4,9-10H2,1-3H3. The Morgan fingerprint density at radius 3 is 2.47 bits per heavy atom. The molecule has 0 saturated heterocycles. The van der Waals surface area contributed by atoms with Gasteiger partial charge in [-0.05, 0) is 37.4 Å². The number of ether oxygens (including phenoxy) is 1. The van der Waals surface area contributed by atoms with Crippen molar-refractivity contribution in [2.75, 3.05) is 33.1 Å². The van der Waals surface area contributed by atoms with Gasteiger partial charge in [-0.2, -0.15) is 0 Å². The van der Waals surface area contributed by atoms with E-state index in [1.807, 2.05) is 37.4 Å². The highest BCUT2D eigenvalue weighted by molar-refractivity contribution is 7.98. The van der Waals surface area contributed by atoms with Crippen LogP contribution in [0.1, 0.15) is 17.3 Å². The van der Waals surface area contributed by atoms with Crippen LogP contribution < -0.4 is 0 Å². The lowest BCUT2D eigenvalue weighted by Gasteiger charge is -2.20. The monoisotopic (exact) mass is 253 g/mol. The third-order valence-corrected chi connectivity index (χ3v) is 3.31. The van der Waals surface area contributed by atoms with E-state index in [0.29, 0.717) is 19.7 Å². The number of amides is 1. The molecule has 3 nitrogen and oxygen atoms in total. The van der Waals surface area contributed by atoms with Gasteiger partial charge in [0.2, 0.25) is 0 Å². The fourth-order valence-corrected chi connectivity index (χ4v) is 1.93. The van der Waals surface area contributed by atoms with Crippen molar-refractivity contribution in [2.24, 2.45) is 0 Å². The Morgan fingerprint density at radius 1 is 1.35 bits per heavy atom. The molecule has 1 aromatic rings. The molecule has 1 amide bonds. The summed E-state index contributed by atoms with van der Waals surface area (Å²) in [6.07, 6.45) is 2.02. The van der Waals surface area contributed by atoms with Crippen molar-refractivity contribution < 1.29 is 9.53 Å². The van der Waals surface area contributed by atoms with Crippen molar-refractivity contribution >= 4 is 17.7 Å². The van der Waals surface area contributed by atoms with Crippen molar-refractivity contribution in [1.82, 2.24) is 4.90 Å². The van der Waals surface area contributed by atoms with E-state index < -0.39 is 0 Å². The molecule has 0 bridgehead atoms. The molecule has 0 aliphatic carbocycles. The van der Waals surface area contributed by atoms with Gasteiger partial charge in [0.15, 0.2) is 0 Å². The summed E-state index contributed by atoms with van der Waals surface area (Å²) < 4.78 is 5.00. The molecule has 0 heterocycles. The molecule has 0 saturated carbocycles. The molecule has 0 atom stereocenters. The number of likely N-dealkylation sites (N-methyl/N-ethyl adjacent to an activating group) is 1. The summed E-state index contributed by atoms with van der Waals surface area (Å²) >= 11 is 1.67. The Bertz CT molecular complexity index is 351. The average Bonchev–Trinajstić information content (AvgIpc) is 2.39. The van der Waals surface area contributed by atoms with E-state index in [4.69, 9.17) is 4.74 Å². The fourth-order valence-electron chi connectivity index (χ4n) is 1.52. The minimum atomic E-state index is 0.0669. The molecule has 0 aliphatic rings. The predicted molar refractivity (Wildman–Crippen MR) is 71.7 cm³/mol. The highest BCUT2D eigenvalue weighted by atomic mass is 32.2. The molecule has 0 spiro atoms. The number of carbonyl (C=O) groups is 1. The van der Waals surface area contributed by atoms with E-state index in [1.165, 1.54) is 4.90 Å². The van der Waals surface area contributed by atoms with Crippen molar-refractivity contribution in [1.29, 1.82) is 0 Å². The van der Waals surface area contributed by atoms with Crippen molar-refractivity contribution in [3.8, 4) is 0 Å². The van der Waals surface area contributed by atoms with Crippen molar-refractivity contribution in [3.63, 3.8) is 0 Å². The third-order valence-electron chi connectivity index (χ3n) is 2.57. The molecule has 17 heavy (non-hydrogen) atoms. The highest BCUT2D eigenvalue weighted by Crippen LogP contribution is 2.15. The molecule has 1 rings (SSSR count). The van der Waals surface area contributed by atoms with Crippen LogP contribution in [0.4, 0.5) is 0 Å². The number of rotatable bonds is 6. The summed E-state index contributed by atoms with van der Waals surface area (Å²) in [6, 6.07) is 7.71. The van der Waals surface area contributed by atoms with E-state index in [9.17, 15) is 4.79 Å². The Morgan fingerprint density at radius 2 is 2.00 bits per heavy atom. The minimum Gasteiger partial charge on any atom is -0.383 e. The summed E-state index contributed by atoms with van der Waals surface area (Å²) in [6.45, 7) is 3.88. The first-order valence-corrected chi connectivity index (χ1v) is 6.87. The number of methoxy groups -OCH3 is 1. The topological polar surface area (TPSA) is 29.5 Å². The third kappa shape index (κ3) is 4.06. The van der Waals surface area contributed by atoms with Gasteiger partial charge in [0.25, 0.3) is 5.91 Å². The Kier molecular flexibility index (Phi) is 6.08. The maximum Gasteiger partial charge on any atom is 0.253 e. The van der Waals surface area contributed by atoms with Crippen LogP contribution in [-0.2, 0) is 4.74 Å².